The zero-order valence-corrected chi connectivity index (χ0v) is 14.0. The van der Waals surface area contributed by atoms with Gasteiger partial charge in [0.15, 0.2) is 6.29 Å². The van der Waals surface area contributed by atoms with Crippen LogP contribution in [0.15, 0.2) is 48.5 Å². The van der Waals surface area contributed by atoms with E-state index in [4.69, 9.17) is 4.74 Å². The molecule has 3 atom stereocenters. The Morgan fingerprint density at radius 2 is 1.96 bits per heavy atom. The minimum Gasteiger partial charge on any atom is -0.493 e. The van der Waals surface area contributed by atoms with Crippen LogP contribution < -0.4 is 4.74 Å². The summed E-state index contributed by atoms with van der Waals surface area (Å²) in [6.45, 7) is 2.78. The lowest BCUT2D eigenvalue weighted by Crippen LogP contribution is -2.16. The second-order valence-electron chi connectivity index (χ2n) is 7.17. The van der Waals surface area contributed by atoms with E-state index in [-0.39, 0.29) is 11.3 Å². The summed E-state index contributed by atoms with van der Waals surface area (Å²) in [4.78, 5) is 0. The molecule has 2 aromatic rings. The minimum absolute atomic E-state index is 0.0432. The molecule has 0 aromatic heterocycles. The van der Waals surface area contributed by atoms with Gasteiger partial charge in [0.2, 0.25) is 0 Å². The van der Waals surface area contributed by atoms with Crippen LogP contribution in [-0.4, -0.2) is 23.1 Å². The number of hydrogen-bond acceptors (Lipinski definition) is 3. The maximum atomic E-state index is 9.67. The van der Waals surface area contributed by atoms with E-state index in [2.05, 4.69) is 31.2 Å². The van der Waals surface area contributed by atoms with E-state index in [0.717, 1.165) is 25.0 Å². The van der Waals surface area contributed by atoms with E-state index >= 15 is 0 Å². The molecule has 0 heterocycles. The van der Waals surface area contributed by atoms with Crippen LogP contribution in [0.2, 0.25) is 0 Å². The van der Waals surface area contributed by atoms with Crippen molar-refractivity contribution in [2.75, 3.05) is 6.61 Å². The van der Waals surface area contributed by atoms with Crippen molar-refractivity contribution >= 4 is 0 Å². The third kappa shape index (κ3) is 2.43. The van der Waals surface area contributed by atoms with E-state index in [0.29, 0.717) is 12.5 Å². The number of benzene rings is 2. The normalized spacial score (nSPS) is 27.5. The smallest absolute Gasteiger partial charge is 0.155 e. The second kappa shape index (κ2) is 5.91. The third-order valence-corrected chi connectivity index (χ3v) is 6.05. The van der Waals surface area contributed by atoms with E-state index < -0.39 is 6.29 Å². The van der Waals surface area contributed by atoms with Gasteiger partial charge in [-0.2, -0.15) is 0 Å². The van der Waals surface area contributed by atoms with Gasteiger partial charge in [0, 0.05) is 17.8 Å². The molecule has 0 aliphatic heterocycles. The summed E-state index contributed by atoms with van der Waals surface area (Å²) in [5.41, 5.74) is 3.82. The molecule has 126 valence electrons. The fraction of sp³-hybridized carbons (Fsp3) is 0.429. The minimum atomic E-state index is -1.23. The summed E-state index contributed by atoms with van der Waals surface area (Å²) in [5.74, 6) is 1.16. The van der Waals surface area contributed by atoms with Crippen LogP contribution in [-0.2, 0) is 18.3 Å². The average Bonchev–Trinajstić information content (AvgIpc) is 3.01. The number of hydrogen-bond donors (Lipinski definition) is 2. The van der Waals surface area contributed by atoms with Gasteiger partial charge in [-0.15, -0.1) is 0 Å². The molecule has 3 nitrogen and oxygen atoms in total. The number of aryl methyl sites for hydroxylation is 1. The molecular weight excluding hydrogens is 300 g/mol. The van der Waals surface area contributed by atoms with Crippen LogP contribution in [0.1, 0.15) is 30.0 Å². The molecule has 0 bridgehead atoms. The zero-order valence-electron chi connectivity index (χ0n) is 14.0. The van der Waals surface area contributed by atoms with Crippen molar-refractivity contribution in [3.63, 3.8) is 0 Å². The molecule has 2 N–H and O–H groups in total. The standard InChI is InChI=1S/C21H24O3/c1-14-19(20(22)23)21(14)11-9-16-7-8-17(13-18(16)21)24-12-10-15-5-3-2-4-6-15/h2-8,13-14,19-20,22-23H,9-12H2,1H3. The Labute approximate surface area is 142 Å². The molecule has 24 heavy (non-hydrogen) atoms. The SMILES string of the molecule is CC1C(C(O)O)C12CCc1ccc(OCCc3ccccc3)cc12. The summed E-state index contributed by atoms with van der Waals surface area (Å²) in [7, 11) is 0. The van der Waals surface area contributed by atoms with Gasteiger partial charge < -0.3 is 14.9 Å². The first-order valence-corrected chi connectivity index (χ1v) is 8.79. The van der Waals surface area contributed by atoms with Gasteiger partial charge in [0.25, 0.3) is 0 Å². The van der Waals surface area contributed by atoms with E-state index in [1.54, 1.807) is 0 Å². The Morgan fingerprint density at radius 3 is 2.67 bits per heavy atom. The average molecular weight is 324 g/mol. The molecule has 2 aromatic carbocycles. The fourth-order valence-corrected chi connectivity index (χ4v) is 4.71. The molecule has 3 heteroatoms. The number of ether oxygens (including phenoxy) is 1. The molecule has 0 amide bonds. The summed E-state index contributed by atoms with van der Waals surface area (Å²) in [5, 5.41) is 19.3. The third-order valence-electron chi connectivity index (χ3n) is 6.05. The maximum absolute atomic E-state index is 9.67. The van der Waals surface area contributed by atoms with Gasteiger partial charge in [0.05, 0.1) is 6.61 Å². The van der Waals surface area contributed by atoms with Gasteiger partial charge in [-0.05, 0) is 47.6 Å². The lowest BCUT2D eigenvalue weighted by Gasteiger charge is -2.15. The topological polar surface area (TPSA) is 49.7 Å². The van der Waals surface area contributed by atoms with Gasteiger partial charge >= 0.3 is 0 Å². The molecule has 1 saturated carbocycles. The lowest BCUT2D eigenvalue weighted by molar-refractivity contribution is -0.0642. The Morgan fingerprint density at radius 1 is 1.17 bits per heavy atom. The Bertz CT molecular complexity index is 725. The van der Waals surface area contributed by atoms with Crippen molar-refractivity contribution in [3.05, 3.63) is 65.2 Å². The van der Waals surface area contributed by atoms with Gasteiger partial charge in [-0.25, -0.2) is 0 Å². The number of rotatable bonds is 5. The molecule has 1 fully saturated rings. The van der Waals surface area contributed by atoms with Crippen LogP contribution in [0.4, 0.5) is 0 Å². The summed E-state index contributed by atoms with van der Waals surface area (Å²) < 4.78 is 5.96. The summed E-state index contributed by atoms with van der Waals surface area (Å²) in [6, 6.07) is 16.7. The highest BCUT2D eigenvalue weighted by atomic mass is 16.5. The quantitative estimate of drug-likeness (QED) is 0.831. The van der Waals surface area contributed by atoms with E-state index in [9.17, 15) is 10.2 Å². The summed E-state index contributed by atoms with van der Waals surface area (Å²) in [6.07, 6.45) is 1.69. The van der Waals surface area contributed by atoms with Crippen LogP contribution >= 0.6 is 0 Å². The van der Waals surface area contributed by atoms with Crippen molar-refractivity contribution < 1.29 is 14.9 Å². The second-order valence-corrected chi connectivity index (χ2v) is 7.17. The predicted molar refractivity (Wildman–Crippen MR) is 93.0 cm³/mol. The van der Waals surface area contributed by atoms with E-state index in [1.807, 2.05) is 24.3 Å². The molecule has 0 saturated heterocycles. The molecule has 4 rings (SSSR count). The molecule has 3 unspecified atom stereocenters. The number of aliphatic hydroxyl groups is 2. The van der Waals surface area contributed by atoms with Crippen LogP contribution in [0.3, 0.4) is 0 Å². The highest BCUT2D eigenvalue weighted by Gasteiger charge is 2.67. The lowest BCUT2D eigenvalue weighted by atomic mass is 9.93. The van der Waals surface area contributed by atoms with Crippen molar-refractivity contribution in [1.82, 2.24) is 0 Å². The van der Waals surface area contributed by atoms with Crippen LogP contribution in [0.5, 0.6) is 5.75 Å². The molecule has 0 radical (unpaired) electrons. The Hall–Kier alpha value is -1.84. The Kier molecular flexibility index (Phi) is 3.86. The van der Waals surface area contributed by atoms with Crippen molar-refractivity contribution in [2.24, 2.45) is 11.8 Å². The predicted octanol–water partition coefficient (Wildman–Crippen LogP) is 3.07. The first kappa shape index (κ1) is 15.7. The van der Waals surface area contributed by atoms with Crippen molar-refractivity contribution in [1.29, 1.82) is 0 Å². The van der Waals surface area contributed by atoms with Gasteiger partial charge in [0.1, 0.15) is 5.75 Å². The first-order valence-electron chi connectivity index (χ1n) is 8.79. The monoisotopic (exact) mass is 324 g/mol. The van der Waals surface area contributed by atoms with Crippen LogP contribution in [0.25, 0.3) is 0 Å². The number of fused-ring (bicyclic) bond motifs is 2. The molecule has 2 aliphatic rings. The Balaban J connectivity index is 1.48. The van der Waals surface area contributed by atoms with Gasteiger partial charge in [-0.1, -0.05) is 43.3 Å². The maximum Gasteiger partial charge on any atom is 0.155 e. The first-order chi connectivity index (χ1) is 11.6. The zero-order chi connectivity index (χ0) is 16.7. The highest BCUT2D eigenvalue weighted by molar-refractivity contribution is 5.50. The van der Waals surface area contributed by atoms with Gasteiger partial charge in [-0.3, -0.25) is 0 Å². The molecule has 2 aliphatic carbocycles. The fourth-order valence-electron chi connectivity index (χ4n) is 4.71. The van der Waals surface area contributed by atoms with Crippen molar-refractivity contribution in [3.8, 4) is 5.75 Å². The largest absolute Gasteiger partial charge is 0.493 e. The number of aliphatic hydroxyl groups excluding tert-OH is 1. The molecular formula is C21H24O3. The summed E-state index contributed by atoms with van der Waals surface area (Å²) >= 11 is 0. The molecule has 1 spiro atoms. The van der Waals surface area contributed by atoms with E-state index in [1.165, 1.54) is 16.7 Å². The van der Waals surface area contributed by atoms with Crippen LogP contribution in [0, 0.1) is 11.8 Å². The van der Waals surface area contributed by atoms with Crippen molar-refractivity contribution in [2.45, 2.75) is 37.9 Å². The highest BCUT2D eigenvalue weighted by Crippen LogP contribution is 2.67.